The Morgan fingerprint density at radius 1 is 1.39 bits per heavy atom. The molecule has 6 heteroatoms. The van der Waals surface area contributed by atoms with Gasteiger partial charge in [0.25, 0.3) is 5.89 Å². The van der Waals surface area contributed by atoms with E-state index >= 15 is 0 Å². The van der Waals surface area contributed by atoms with Crippen LogP contribution < -0.4 is 5.73 Å². The summed E-state index contributed by atoms with van der Waals surface area (Å²) < 4.78 is 10.7. The zero-order valence-corrected chi connectivity index (χ0v) is 10.4. The Labute approximate surface area is 109 Å². The fourth-order valence-electron chi connectivity index (χ4n) is 1.98. The molecule has 1 aliphatic heterocycles. The van der Waals surface area contributed by atoms with E-state index in [4.69, 9.17) is 26.6 Å². The number of benzene rings is 1. The van der Waals surface area contributed by atoms with E-state index in [1.807, 2.05) is 0 Å². The molecule has 1 atom stereocenters. The Morgan fingerprint density at radius 3 is 3.00 bits per heavy atom. The van der Waals surface area contributed by atoms with E-state index in [1.54, 1.807) is 18.2 Å². The van der Waals surface area contributed by atoms with Crippen LogP contribution in [-0.4, -0.2) is 16.7 Å². The van der Waals surface area contributed by atoms with Crippen molar-refractivity contribution in [2.24, 2.45) is 0 Å². The summed E-state index contributed by atoms with van der Waals surface area (Å²) in [6.45, 7) is 0.748. The van der Waals surface area contributed by atoms with E-state index in [1.165, 1.54) is 0 Å². The van der Waals surface area contributed by atoms with Crippen molar-refractivity contribution in [2.45, 2.75) is 18.9 Å². The molecule has 2 N–H and O–H groups in total. The van der Waals surface area contributed by atoms with Gasteiger partial charge in [-0.2, -0.15) is 4.98 Å². The summed E-state index contributed by atoms with van der Waals surface area (Å²) >= 11 is 5.85. The second-order valence-corrected chi connectivity index (χ2v) is 4.63. The quantitative estimate of drug-likeness (QED) is 0.845. The number of nitrogens with zero attached hydrogens (tertiary/aromatic N) is 2. The van der Waals surface area contributed by atoms with Crippen LogP contribution >= 0.6 is 11.6 Å². The lowest BCUT2D eigenvalue weighted by Gasteiger charge is -2.02. The van der Waals surface area contributed by atoms with Crippen LogP contribution in [0.5, 0.6) is 0 Å². The highest BCUT2D eigenvalue weighted by Gasteiger charge is 2.23. The largest absolute Gasteiger partial charge is 0.398 e. The van der Waals surface area contributed by atoms with E-state index in [-0.39, 0.29) is 6.10 Å². The van der Waals surface area contributed by atoms with Crippen LogP contribution in [0.3, 0.4) is 0 Å². The molecule has 2 aromatic rings. The normalized spacial score (nSPS) is 19.3. The smallest absolute Gasteiger partial charge is 0.260 e. The van der Waals surface area contributed by atoms with Crippen molar-refractivity contribution >= 4 is 17.3 Å². The molecule has 1 aromatic carbocycles. The van der Waals surface area contributed by atoms with Crippen molar-refractivity contribution < 1.29 is 9.26 Å². The van der Waals surface area contributed by atoms with Gasteiger partial charge in [0.1, 0.15) is 6.10 Å². The van der Waals surface area contributed by atoms with Crippen molar-refractivity contribution in [1.29, 1.82) is 0 Å². The summed E-state index contributed by atoms with van der Waals surface area (Å²) in [6.07, 6.45) is 1.89. The summed E-state index contributed by atoms with van der Waals surface area (Å²) in [5.41, 5.74) is 7.08. The number of halogens is 1. The van der Waals surface area contributed by atoms with Crippen LogP contribution in [0.25, 0.3) is 11.5 Å². The monoisotopic (exact) mass is 265 g/mol. The molecule has 0 amide bonds. The van der Waals surface area contributed by atoms with Gasteiger partial charge >= 0.3 is 0 Å². The number of ether oxygens (including phenoxy) is 1. The van der Waals surface area contributed by atoms with Crippen molar-refractivity contribution in [1.82, 2.24) is 10.1 Å². The molecule has 18 heavy (non-hydrogen) atoms. The summed E-state index contributed by atoms with van der Waals surface area (Å²) in [7, 11) is 0. The fraction of sp³-hybridized carbons (Fsp3) is 0.333. The maximum Gasteiger partial charge on any atom is 0.260 e. The molecule has 5 nitrogen and oxygen atoms in total. The molecule has 1 unspecified atom stereocenters. The molecule has 1 fully saturated rings. The number of nitrogen functional groups attached to an aromatic ring is 1. The molecular formula is C12H12ClN3O2. The van der Waals surface area contributed by atoms with Crippen LogP contribution in [0.4, 0.5) is 5.69 Å². The highest BCUT2D eigenvalue weighted by molar-refractivity contribution is 6.31. The molecule has 1 saturated heterocycles. The molecule has 1 aliphatic rings. The molecule has 0 aliphatic carbocycles. The second kappa shape index (κ2) is 4.59. The minimum Gasteiger partial charge on any atom is -0.398 e. The lowest BCUT2D eigenvalue weighted by Crippen LogP contribution is -1.98. The summed E-state index contributed by atoms with van der Waals surface area (Å²) in [5, 5.41) is 4.52. The van der Waals surface area contributed by atoms with Crippen LogP contribution in [0.2, 0.25) is 5.02 Å². The maximum absolute atomic E-state index is 5.87. The predicted molar refractivity (Wildman–Crippen MR) is 67.1 cm³/mol. The highest BCUT2D eigenvalue weighted by atomic mass is 35.5. The van der Waals surface area contributed by atoms with Crippen molar-refractivity contribution in [3.05, 3.63) is 29.0 Å². The molecular weight excluding hydrogens is 254 g/mol. The van der Waals surface area contributed by atoms with Gasteiger partial charge in [-0.1, -0.05) is 16.8 Å². The maximum atomic E-state index is 5.87. The first-order valence-electron chi connectivity index (χ1n) is 5.74. The third-order valence-corrected chi connectivity index (χ3v) is 3.14. The Hall–Kier alpha value is -1.59. The van der Waals surface area contributed by atoms with Crippen LogP contribution in [0.15, 0.2) is 22.7 Å². The number of hydrogen-bond donors (Lipinski definition) is 1. The molecule has 0 saturated carbocycles. The average molecular weight is 266 g/mol. The van der Waals surface area contributed by atoms with E-state index in [2.05, 4.69) is 10.1 Å². The van der Waals surface area contributed by atoms with Gasteiger partial charge in [-0.25, -0.2) is 0 Å². The molecule has 0 radical (unpaired) electrons. The van der Waals surface area contributed by atoms with Gasteiger partial charge in [0.05, 0.1) is 5.56 Å². The Kier molecular flexibility index (Phi) is 2.93. The Bertz CT molecular complexity index is 564. The number of nitrogens with two attached hydrogens (primary N) is 1. The SMILES string of the molecule is Nc1cc(Cl)ccc1-c1nc(C2CCCO2)no1. The molecule has 0 bridgehead atoms. The molecule has 0 spiro atoms. The van der Waals surface area contributed by atoms with Gasteiger partial charge in [-0.15, -0.1) is 0 Å². The first-order chi connectivity index (χ1) is 8.74. The first kappa shape index (κ1) is 11.5. The molecule has 94 valence electrons. The Balaban J connectivity index is 1.92. The number of anilines is 1. The minimum absolute atomic E-state index is 0.0592. The average Bonchev–Trinajstić information content (AvgIpc) is 2.99. The van der Waals surface area contributed by atoms with Gasteiger partial charge in [0.15, 0.2) is 0 Å². The first-order valence-corrected chi connectivity index (χ1v) is 6.12. The third kappa shape index (κ3) is 2.07. The van der Waals surface area contributed by atoms with Crippen molar-refractivity contribution in [3.8, 4) is 11.5 Å². The highest BCUT2D eigenvalue weighted by Crippen LogP contribution is 2.31. The second-order valence-electron chi connectivity index (χ2n) is 4.19. The van der Waals surface area contributed by atoms with Gasteiger partial charge < -0.3 is 15.0 Å². The van der Waals surface area contributed by atoms with E-state index < -0.39 is 0 Å². The minimum atomic E-state index is -0.0592. The molecule has 3 rings (SSSR count). The number of aromatic nitrogens is 2. The van der Waals surface area contributed by atoms with E-state index in [0.29, 0.717) is 28.0 Å². The van der Waals surface area contributed by atoms with Crippen LogP contribution in [0, 0.1) is 0 Å². The molecule has 1 aromatic heterocycles. The summed E-state index contributed by atoms with van der Waals surface area (Å²) in [6, 6.07) is 5.17. The lowest BCUT2D eigenvalue weighted by molar-refractivity contribution is 0.103. The van der Waals surface area contributed by atoms with Crippen LogP contribution in [-0.2, 0) is 4.74 Å². The van der Waals surface area contributed by atoms with Gasteiger partial charge in [0, 0.05) is 17.3 Å². The summed E-state index contributed by atoms with van der Waals surface area (Å²) in [5.74, 6) is 0.978. The number of hydrogen-bond acceptors (Lipinski definition) is 5. The van der Waals surface area contributed by atoms with Crippen molar-refractivity contribution in [3.63, 3.8) is 0 Å². The zero-order valence-electron chi connectivity index (χ0n) is 9.60. The standard InChI is InChI=1S/C12H12ClN3O2/c13-7-3-4-8(9(14)6-7)12-15-11(16-18-12)10-2-1-5-17-10/h3-4,6,10H,1-2,5,14H2. The van der Waals surface area contributed by atoms with Gasteiger partial charge in [-0.3, -0.25) is 0 Å². The molecule has 2 heterocycles. The van der Waals surface area contributed by atoms with Gasteiger partial charge in [0.2, 0.25) is 5.82 Å². The fourth-order valence-corrected chi connectivity index (χ4v) is 2.17. The number of rotatable bonds is 2. The topological polar surface area (TPSA) is 74.2 Å². The van der Waals surface area contributed by atoms with E-state index in [0.717, 1.165) is 19.4 Å². The third-order valence-electron chi connectivity index (χ3n) is 2.90. The zero-order chi connectivity index (χ0) is 12.5. The summed E-state index contributed by atoms with van der Waals surface area (Å²) in [4.78, 5) is 4.33. The van der Waals surface area contributed by atoms with Gasteiger partial charge in [-0.05, 0) is 31.0 Å². The lowest BCUT2D eigenvalue weighted by atomic mass is 10.2. The van der Waals surface area contributed by atoms with E-state index in [9.17, 15) is 0 Å². The van der Waals surface area contributed by atoms with Crippen LogP contribution in [0.1, 0.15) is 24.8 Å². The Morgan fingerprint density at radius 2 is 2.28 bits per heavy atom. The predicted octanol–water partition coefficient (Wildman–Crippen LogP) is 2.82. The van der Waals surface area contributed by atoms with Crippen molar-refractivity contribution in [2.75, 3.05) is 12.3 Å².